The van der Waals surface area contributed by atoms with E-state index in [0.717, 1.165) is 11.3 Å². The number of nitrogens with two attached hydrogens (primary N) is 1. The van der Waals surface area contributed by atoms with Gasteiger partial charge in [0, 0.05) is 16.9 Å². The maximum Gasteiger partial charge on any atom is 0.232 e. The first kappa shape index (κ1) is 13.3. The number of nitrogen functional groups attached to an aromatic ring is 1. The molecule has 0 aliphatic rings. The van der Waals surface area contributed by atoms with Gasteiger partial charge in [-0.3, -0.25) is 0 Å². The van der Waals surface area contributed by atoms with E-state index in [-0.39, 0.29) is 5.28 Å². The molecule has 0 radical (unpaired) electrons. The molecule has 0 saturated carbocycles. The highest BCUT2D eigenvalue weighted by Gasteiger charge is 2.07. The molecule has 0 unspecified atom stereocenters. The second kappa shape index (κ2) is 5.76. The molecule has 0 aliphatic carbocycles. The summed E-state index contributed by atoms with van der Waals surface area (Å²) in [6, 6.07) is 16.9. The van der Waals surface area contributed by atoms with E-state index in [1.165, 1.54) is 0 Å². The van der Waals surface area contributed by atoms with Crippen molar-refractivity contribution in [3.8, 4) is 11.4 Å². The third-order valence-corrected chi connectivity index (χ3v) is 2.98. The van der Waals surface area contributed by atoms with Gasteiger partial charge in [-0.1, -0.05) is 30.3 Å². The average Bonchev–Trinajstić information content (AvgIpc) is 2.50. The third-order valence-electron chi connectivity index (χ3n) is 2.81. The quantitative estimate of drug-likeness (QED) is 0.723. The van der Waals surface area contributed by atoms with Crippen molar-refractivity contribution in [2.24, 2.45) is 0 Å². The first-order chi connectivity index (χ1) is 10.2. The van der Waals surface area contributed by atoms with Crippen molar-refractivity contribution in [1.29, 1.82) is 0 Å². The van der Waals surface area contributed by atoms with Gasteiger partial charge in [-0.2, -0.15) is 15.0 Å². The summed E-state index contributed by atoms with van der Waals surface area (Å²) in [6.45, 7) is 0. The Morgan fingerprint density at radius 3 is 2.29 bits per heavy atom. The number of nitrogens with one attached hydrogen (secondary N) is 1. The SMILES string of the molecule is Nc1ccc(Nc2nc(Cl)nc(-c3ccccc3)n2)cc1. The van der Waals surface area contributed by atoms with Gasteiger partial charge in [-0.05, 0) is 35.9 Å². The van der Waals surface area contributed by atoms with Crippen molar-refractivity contribution >= 4 is 28.9 Å². The van der Waals surface area contributed by atoms with E-state index in [9.17, 15) is 0 Å². The van der Waals surface area contributed by atoms with Crippen molar-refractivity contribution in [3.05, 3.63) is 59.9 Å². The minimum absolute atomic E-state index is 0.141. The van der Waals surface area contributed by atoms with Gasteiger partial charge in [-0.25, -0.2) is 0 Å². The molecule has 6 heteroatoms. The molecule has 1 aromatic heterocycles. The van der Waals surface area contributed by atoms with Crippen LogP contribution in [0.5, 0.6) is 0 Å². The summed E-state index contributed by atoms with van der Waals surface area (Å²) in [5.41, 5.74) is 8.05. The summed E-state index contributed by atoms with van der Waals surface area (Å²) < 4.78 is 0. The molecule has 104 valence electrons. The van der Waals surface area contributed by atoms with Gasteiger partial charge < -0.3 is 11.1 Å². The lowest BCUT2D eigenvalue weighted by Crippen LogP contribution is -2.01. The molecule has 1 heterocycles. The van der Waals surface area contributed by atoms with Gasteiger partial charge in [-0.15, -0.1) is 0 Å². The number of benzene rings is 2. The van der Waals surface area contributed by atoms with Crippen LogP contribution in [0.1, 0.15) is 0 Å². The molecule has 3 rings (SSSR count). The number of halogens is 1. The van der Waals surface area contributed by atoms with E-state index in [1.807, 2.05) is 42.5 Å². The van der Waals surface area contributed by atoms with Crippen LogP contribution >= 0.6 is 11.6 Å². The van der Waals surface area contributed by atoms with Crippen LogP contribution in [0.3, 0.4) is 0 Å². The summed E-state index contributed by atoms with van der Waals surface area (Å²) in [4.78, 5) is 12.6. The van der Waals surface area contributed by atoms with Gasteiger partial charge in [0.2, 0.25) is 11.2 Å². The Labute approximate surface area is 126 Å². The molecule has 0 atom stereocenters. The molecule has 0 fully saturated rings. The Morgan fingerprint density at radius 2 is 1.57 bits per heavy atom. The lowest BCUT2D eigenvalue weighted by Gasteiger charge is -2.07. The van der Waals surface area contributed by atoms with E-state index in [2.05, 4.69) is 20.3 Å². The topological polar surface area (TPSA) is 76.7 Å². The average molecular weight is 298 g/mol. The number of hydrogen-bond acceptors (Lipinski definition) is 5. The van der Waals surface area contributed by atoms with Crippen LogP contribution in [0.4, 0.5) is 17.3 Å². The Morgan fingerprint density at radius 1 is 0.857 bits per heavy atom. The van der Waals surface area contributed by atoms with Crippen molar-refractivity contribution in [1.82, 2.24) is 15.0 Å². The van der Waals surface area contributed by atoms with Crippen LogP contribution in [-0.4, -0.2) is 15.0 Å². The zero-order chi connectivity index (χ0) is 14.7. The lowest BCUT2D eigenvalue weighted by atomic mass is 10.2. The number of anilines is 3. The maximum atomic E-state index is 5.97. The Hall–Kier alpha value is -2.66. The molecule has 0 bridgehead atoms. The van der Waals surface area contributed by atoms with Crippen LogP contribution in [-0.2, 0) is 0 Å². The molecule has 3 aromatic rings. The van der Waals surface area contributed by atoms with E-state index in [1.54, 1.807) is 12.1 Å². The Bertz CT molecular complexity index is 744. The predicted molar refractivity (Wildman–Crippen MR) is 84.4 cm³/mol. The highest BCUT2D eigenvalue weighted by Crippen LogP contribution is 2.20. The number of aromatic nitrogens is 3. The van der Waals surface area contributed by atoms with Crippen LogP contribution in [0, 0.1) is 0 Å². The Balaban J connectivity index is 1.93. The van der Waals surface area contributed by atoms with Crippen molar-refractivity contribution in [3.63, 3.8) is 0 Å². The summed E-state index contributed by atoms with van der Waals surface area (Å²) >= 11 is 5.97. The van der Waals surface area contributed by atoms with Crippen molar-refractivity contribution in [2.45, 2.75) is 0 Å². The highest BCUT2D eigenvalue weighted by atomic mass is 35.5. The van der Waals surface area contributed by atoms with Gasteiger partial charge >= 0.3 is 0 Å². The number of rotatable bonds is 3. The molecule has 5 nitrogen and oxygen atoms in total. The summed E-state index contributed by atoms with van der Waals surface area (Å²) in [6.07, 6.45) is 0. The molecular formula is C15H12ClN5. The highest BCUT2D eigenvalue weighted by molar-refractivity contribution is 6.28. The first-order valence-electron chi connectivity index (χ1n) is 6.30. The minimum Gasteiger partial charge on any atom is -0.399 e. The van der Waals surface area contributed by atoms with Crippen LogP contribution in [0.15, 0.2) is 54.6 Å². The van der Waals surface area contributed by atoms with Crippen LogP contribution < -0.4 is 11.1 Å². The summed E-state index contributed by atoms with van der Waals surface area (Å²) in [5.74, 6) is 0.909. The van der Waals surface area contributed by atoms with Crippen LogP contribution in [0.2, 0.25) is 5.28 Å². The summed E-state index contributed by atoms with van der Waals surface area (Å²) in [7, 11) is 0. The fraction of sp³-hybridized carbons (Fsp3) is 0. The zero-order valence-corrected chi connectivity index (χ0v) is 11.7. The van der Waals surface area contributed by atoms with Crippen molar-refractivity contribution < 1.29 is 0 Å². The monoisotopic (exact) mass is 297 g/mol. The van der Waals surface area contributed by atoms with E-state index < -0.39 is 0 Å². The molecule has 2 aromatic carbocycles. The molecule has 0 spiro atoms. The van der Waals surface area contributed by atoms with Gasteiger partial charge in [0.05, 0.1) is 0 Å². The number of hydrogen-bond donors (Lipinski definition) is 2. The first-order valence-corrected chi connectivity index (χ1v) is 6.68. The Kier molecular flexibility index (Phi) is 3.66. The third kappa shape index (κ3) is 3.27. The summed E-state index contributed by atoms with van der Waals surface area (Å²) in [5, 5.41) is 3.22. The second-order valence-electron chi connectivity index (χ2n) is 4.36. The molecule has 3 N–H and O–H groups in total. The van der Waals surface area contributed by atoms with E-state index in [4.69, 9.17) is 17.3 Å². The fourth-order valence-corrected chi connectivity index (χ4v) is 1.98. The normalized spacial score (nSPS) is 10.3. The smallest absolute Gasteiger partial charge is 0.232 e. The number of nitrogens with zero attached hydrogens (tertiary/aromatic N) is 3. The maximum absolute atomic E-state index is 5.97. The molecule has 21 heavy (non-hydrogen) atoms. The largest absolute Gasteiger partial charge is 0.399 e. The lowest BCUT2D eigenvalue weighted by molar-refractivity contribution is 1.06. The standard InChI is InChI=1S/C15H12ClN5/c16-14-19-13(10-4-2-1-3-5-10)20-15(21-14)18-12-8-6-11(17)7-9-12/h1-9H,17H2,(H,18,19,20,21). The molecule has 0 amide bonds. The molecule has 0 saturated heterocycles. The van der Waals surface area contributed by atoms with E-state index >= 15 is 0 Å². The van der Waals surface area contributed by atoms with E-state index in [0.29, 0.717) is 17.5 Å². The predicted octanol–water partition coefficient (Wildman–Crippen LogP) is 3.52. The van der Waals surface area contributed by atoms with Gasteiger partial charge in [0.25, 0.3) is 0 Å². The second-order valence-corrected chi connectivity index (χ2v) is 4.70. The van der Waals surface area contributed by atoms with Gasteiger partial charge in [0.15, 0.2) is 5.82 Å². The minimum atomic E-state index is 0.141. The van der Waals surface area contributed by atoms with Crippen molar-refractivity contribution in [2.75, 3.05) is 11.1 Å². The van der Waals surface area contributed by atoms with Crippen LogP contribution in [0.25, 0.3) is 11.4 Å². The fourth-order valence-electron chi connectivity index (χ4n) is 1.82. The zero-order valence-electron chi connectivity index (χ0n) is 11.0. The van der Waals surface area contributed by atoms with Gasteiger partial charge in [0.1, 0.15) is 0 Å². The molecule has 0 aliphatic heterocycles. The molecular weight excluding hydrogens is 286 g/mol.